The van der Waals surface area contributed by atoms with Crippen LogP contribution in [0.15, 0.2) is 5.03 Å². The molecule has 0 aliphatic heterocycles. The lowest BCUT2D eigenvalue weighted by Crippen LogP contribution is -2.27. The summed E-state index contributed by atoms with van der Waals surface area (Å²) in [5.74, 6) is 0.462. The Hall–Kier alpha value is -0.920. The molecule has 0 aliphatic rings. The van der Waals surface area contributed by atoms with Gasteiger partial charge in [-0.15, -0.1) is 0 Å². The molecular weight excluding hydrogens is 276 g/mol. The van der Waals surface area contributed by atoms with Gasteiger partial charge in [-0.25, -0.2) is 13.1 Å². The van der Waals surface area contributed by atoms with Gasteiger partial charge in [-0.05, 0) is 32.2 Å². The summed E-state index contributed by atoms with van der Waals surface area (Å²) in [6.45, 7) is 9.83. The molecule has 0 aliphatic carbocycles. The van der Waals surface area contributed by atoms with Crippen LogP contribution in [-0.4, -0.2) is 31.7 Å². The lowest BCUT2D eigenvalue weighted by Gasteiger charge is -2.09. The molecular formula is C13H26N4O2S. The number of nitrogens with one attached hydrogen (secondary N) is 3. The molecule has 0 aromatic carbocycles. The molecule has 3 N–H and O–H groups in total. The molecule has 0 radical (unpaired) electrons. The minimum Gasteiger partial charge on any atom is -0.313 e. The second-order valence-electron chi connectivity index (χ2n) is 5.39. The number of aromatic amines is 1. The molecule has 0 amide bonds. The molecule has 0 saturated heterocycles. The van der Waals surface area contributed by atoms with Crippen molar-refractivity contribution in [3.8, 4) is 0 Å². The fourth-order valence-electron chi connectivity index (χ4n) is 1.80. The zero-order valence-electron chi connectivity index (χ0n) is 12.8. The van der Waals surface area contributed by atoms with Crippen LogP contribution in [0.1, 0.15) is 44.9 Å². The summed E-state index contributed by atoms with van der Waals surface area (Å²) >= 11 is 0. The minimum atomic E-state index is -3.54. The van der Waals surface area contributed by atoms with Gasteiger partial charge < -0.3 is 5.32 Å². The maximum atomic E-state index is 12.3. The van der Waals surface area contributed by atoms with E-state index in [0.717, 1.165) is 30.6 Å². The van der Waals surface area contributed by atoms with Crippen LogP contribution in [0.4, 0.5) is 0 Å². The molecule has 0 bridgehead atoms. The highest BCUT2D eigenvalue weighted by molar-refractivity contribution is 7.89. The number of hydrogen-bond donors (Lipinski definition) is 3. The number of H-pyrrole nitrogens is 1. The molecule has 7 heteroatoms. The van der Waals surface area contributed by atoms with Crippen LogP contribution in [0.25, 0.3) is 0 Å². The van der Waals surface area contributed by atoms with E-state index in [4.69, 9.17) is 0 Å². The van der Waals surface area contributed by atoms with Gasteiger partial charge in [0.25, 0.3) is 10.0 Å². The van der Waals surface area contributed by atoms with Crippen molar-refractivity contribution in [1.82, 2.24) is 20.2 Å². The van der Waals surface area contributed by atoms with Gasteiger partial charge in [0.15, 0.2) is 5.03 Å². The fourth-order valence-corrected chi connectivity index (χ4v) is 3.04. The van der Waals surface area contributed by atoms with E-state index in [2.05, 4.69) is 41.0 Å². The van der Waals surface area contributed by atoms with Crippen molar-refractivity contribution >= 4 is 10.0 Å². The third-order valence-electron chi connectivity index (χ3n) is 3.03. The summed E-state index contributed by atoms with van der Waals surface area (Å²) in [5, 5.41) is 10.0. The van der Waals surface area contributed by atoms with Crippen LogP contribution in [0.2, 0.25) is 0 Å². The molecule has 1 aromatic heterocycles. The van der Waals surface area contributed by atoms with Gasteiger partial charge in [-0.2, -0.15) is 5.10 Å². The Kier molecular flexibility index (Phi) is 6.64. The SMILES string of the molecule is CCCNCc1c(S(=O)(=O)NCCC(C)C)n[nH]c1C. The zero-order chi connectivity index (χ0) is 15.2. The monoisotopic (exact) mass is 302 g/mol. The van der Waals surface area contributed by atoms with Gasteiger partial charge in [0.05, 0.1) is 0 Å². The predicted octanol–water partition coefficient (Wildman–Crippen LogP) is 1.54. The first kappa shape index (κ1) is 17.1. The highest BCUT2D eigenvalue weighted by Crippen LogP contribution is 2.16. The smallest absolute Gasteiger partial charge is 0.260 e. The minimum absolute atomic E-state index is 0.113. The van der Waals surface area contributed by atoms with Gasteiger partial charge in [-0.1, -0.05) is 20.8 Å². The average molecular weight is 302 g/mol. The topological polar surface area (TPSA) is 86.9 Å². The Morgan fingerprint density at radius 2 is 2.00 bits per heavy atom. The average Bonchev–Trinajstić information content (AvgIpc) is 2.71. The largest absolute Gasteiger partial charge is 0.313 e. The Balaban J connectivity index is 2.78. The second-order valence-corrected chi connectivity index (χ2v) is 7.07. The molecule has 6 nitrogen and oxygen atoms in total. The Labute approximate surface area is 121 Å². The number of nitrogens with zero attached hydrogens (tertiary/aromatic N) is 1. The number of rotatable bonds is 9. The molecule has 0 spiro atoms. The number of hydrogen-bond acceptors (Lipinski definition) is 4. The van der Waals surface area contributed by atoms with Crippen molar-refractivity contribution < 1.29 is 8.42 Å². The lowest BCUT2D eigenvalue weighted by molar-refractivity contribution is 0.547. The van der Waals surface area contributed by atoms with E-state index in [9.17, 15) is 8.42 Å². The summed E-state index contributed by atoms with van der Waals surface area (Å²) in [4.78, 5) is 0. The number of aromatic nitrogens is 2. The third kappa shape index (κ3) is 4.88. The predicted molar refractivity (Wildman–Crippen MR) is 80.0 cm³/mol. The normalized spacial score (nSPS) is 12.2. The second kappa shape index (κ2) is 7.75. The first-order chi connectivity index (χ1) is 9.38. The maximum Gasteiger partial charge on any atom is 0.260 e. The summed E-state index contributed by atoms with van der Waals surface area (Å²) in [6.07, 6.45) is 1.82. The van der Waals surface area contributed by atoms with Crippen molar-refractivity contribution in [3.05, 3.63) is 11.3 Å². The van der Waals surface area contributed by atoms with Crippen LogP contribution in [0.5, 0.6) is 0 Å². The van der Waals surface area contributed by atoms with Crippen LogP contribution < -0.4 is 10.0 Å². The van der Waals surface area contributed by atoms with E-state index in [0.29, 0.717) is 19.0 Å². The highest BCUT2D eigenvalue weighted by atomic mass is 32.2. The molecule has 1 heterocycles. The summed E-state index contributed by atoms with van der Waals surface area (Å²) in [6, 6.07) is 0. The quantitative estimate of drug-likeness (QED) is 0.604. The molecule has 1 aromatic rings. The standard InChI is InChI=1S/C13H26N4O2S/c1-5-7-14-9-12-11(4)16-17-13(12)20(18,19)15-8-6-10(2)3/h10,14-15H,5-9H2,1-4H3,(H,16,17). The molecule has 0 saturated carbocycles. The molecule has 0 unspecified atom stereocenters. The third-order valence-corrected chi connectivity index (χ3v) is 4.46. The lowest BCUT2D eigenvalue weighted by atomic mass is 10.1. The van der Waals surface area contributed by atoms with Gasteiger partial charge >= 0.3 is 0 Å². The van der Waals surface area contributed by atoms with E-state index in [1.54, 1.807) is 0 Å². The molecule has 116 valence electrons. The van der Waals surface area contributed by atoms with Crippen molar-refractivity contribution in [1.29, 1.82) is 0 Å². The van der Waals surface area contributed by atoms with Crippen LogP contribution in [0, 0.1) is 12.8 Å². The van der Waals surface area contributed by atoms with Crippen molar-refractivity contribution in [2.24, 2.45) is 5.92 Å². The number of aryl methyl sites for hydroxylation is 1. The van der Waals surface area contributed by atoms with E-state index in [-0.39, 0.29) is 5.03 Å². The van der Waals surface area contributed by atoms with E-state index < -0.39 is 10.0 Å². The van der Waals surface area contributed by atoms with Gasteiger partial charge in [0, 0.05) is 24.3 Å². The van der Waals surface area contributed by atoms with Crippen molar-refractivity contribution in [3.63, 3.8) is 0 Å². The van der Waals surface area contributed by atoms with Crippen LogP contribution >= 0.6 is 0 Å². The van der Waals surface area contributed by atoms with E-state index >= 15 is 0 Å². The summed E-state index contributed by atoms with van der Waals surface area (Å²) < 4.78 is 27.1. The van der Waals surface area contributed by atoms with E-state index in [1.807, 2.05) is 6.92 Å². The van der Waals surface area contributed by atoms with Crippen LogP contribution in [0.3, 0.4) is 0 Å². The molecule has 20 heavy (non-hydrogen) atoms. The Bertz CT molecular complexity index is 508. The first-order valence-electron chi connectivity index (χ1n) is 7.12. The van der Waals surface area contributed by atoms with Gasteiger partial charge in [0.1, 0.15) is 0 Å². The van der Waals surface area contributed by atoms with E-state index in [1.165, 1.54) is 0 Å². The first-order valence-corrected chi connectivity index (χ1v) is 8.61. The molecule has 0 atom stereocenters. The Morgan fingerprint density at radius 1 is 1.30 bits per heavy atom. The number of sulfonamides is 1. The fraction of sp³-hybridized carbons (Fsp3) is 0.769. The van der Waals surface area contributed by atoms with Crippen molar-refractivity contribution in [2.75, 3.05) is 13.1 Å². The summed E-state index contributed by atoms with van der Waals surface area (Å²) in [7, 11) is -3.54. The van der Waals surface area contributed by atoms with Crippen molar-refractivity contribution in [2.45, 2.75) is 52.1 Å². The molecule has 0 fully saturated rings. The zero-order valence-corrected chi connectivity index (χ0v) is 13.6. The van der Waals surface area contributed by atoms with Crippen LogP contribution in [-0.2, 0) is 16.6 Å². The maximum absolute atomic E-state index is 12.3. The van der Waals surface area contributed by atoms with Gasteiger partial charge in [-0.3, -0.25) is 5.10 Å². The Morgan fingerprint density at radius 3 is 2.60 bits per heavy atom. The molecule has 1 rings (SSSR count). The summed E-state index contributed by atoms with van der Waals surface area (Å²) in [5.41, 5.74) is 1.51. The van der Waals surface area contributed by atoms with Gasteiger partial charge in [0.2, 0.25) is 0 Å². The highest BCUT2D eigenvalue weighted by Gasteiger charge is 2.23.